The summed E-state index contributed by atoms with van der Waals surface area (Å²) in [5, 5.41) is 14.3. The molecular formula is C17H22FN3O3. The van der Waals surface area contributed by atoms with E-state index in [9.17, 15) is 9.50 Å². The van der Waals surface area contributed by atoms with Gasteiger partial charge in [0.25, 0.3) is 0 Å². The molecule has 2 heterocycles. The number of β-amino-alcohol motifs (C(OH)–C–C–N with tert-alkyl or cyclic N) is 1. The highest BCUT2D eigenvalue weighted by molar-refractivity contribution is 5.22. The Morgan fingerprint density at radius 1 is 1.38 bits per heavy atom. The molecule has 0 spiro atoms. The van der Waals surface area contributed by atoms with E-state index in [1.165, 1.54) is 12.1 Å². The summed E-state index contributed by atoms with van der Waals surface area (Å²) in [6.07, 6.45) is 3.10. The quantitative estimate of drug-likeness (QED) is 0.823. The van der Waals surface area contributed by atoms with Crippen molar-refractivity contribution in [3.8, 4) is 5.75 Å². The van der Waals surface area contributed by atoms with E-state index in [0.29, 0.717) is 25.4 Å². The van der Waals surface area contributed by atoms with Gasteiger partial charge >= 0.3 is 0 Å². The van der Waals surface area contributed by atoms with Crippen molar-refractivity contribution in [2.75, 3.05) is 32.8 Å². The summed E-state index contributed by atoms with van der Waals surface area (Å²) < 4.78 is 25.9. The highest BCUT2D eigenvalue weighted by Crippen LogP contribution is 2.12. The number of benzene rings is 1. The summed E-state index contributed by atoms with van der Waals surface area (Å²) in [4.78, 5) is 2.16. The number of halogens is 1. The average Bonchev–Trinajstić information content (AvgIpc) is 3.08. The van der Waals surface area contributed by atoms with Gasteiger partial charge in [0.05, 0.1) is 19.3 Å². The lowest BCUT2D eigenvalue weighted by Crippen LogP contribution is -2.47. The van der Waals surface area contributed by atoms with Crippen LogP contribution in [-0.2, 0) is 11.3 Å². The molecule has 24 heavy (non-hydrogen) atoms. The zero-order chi connectivity index (χ0) is 16.8. The molecular weight excluding hydrogens is 313 g/mol. The fourth-order valence-electron chi connectivity index (χ4n) is 2.75. The summed E-state index contributed by atoms with van der Waals surface area (Å²) in [5.74, 6) is 0.244. The van der Waals surface area contributed by atoms with Gasteiger partial charge in [0.15, 0.2) is 0 Å². The third-order valence-corrected chi connectivity index (χ3v) is 3.90. The fourth-order valence-corrected chi connectivity index (χ4v) is 2.75. The predicted octanol–water partition coefficient (Wildman–Crippen LogP) is 1.16. The normalized spacial score (nSPS) is 20.0. The molecule has 0 amide bonds. The van der Waals surface area contributed by atoms with Gasteiger partial charge in [-0.2, -0.15) is 5.10 Å². The van der Waals surface area contributed by atoms with E-state index in [0.717, 1.165) is 13.1 Å². The summed E-state index contributed by atoms with van der Waals surface area (Å²) in [7, 11) is 0. The second-order valence-corrected chi connectivity index (χ2v) is 5.90. The van der Waals surface area contributed by atoms with Crippen LogP contribution >= 0.6 is 0 Å². The molecule has 6 nitrogen and oxygen atoms in total. The smallest absolute Gasteiger partial charge is 0.123 e. The SMILES string of the molecule is OC(COc1ccc(F)cc1)CN1CCOC(Cn2cccn2)C1. The number of aliphatic hydroxyl groups is 1. The Labute approximate surface area is 140 Å². The van der Waals surface area contributed by atoms with Gasteiger partial charge in [0, 0.05) is 32.0 Å². The van der Waals surface area contributed by atoms with Gasteiger partial charge in [0.1, 0.15) is 24.3 Å². The van der Waals surface area contributed by atoms with Crippen LogP contribution in [0.1, 0.15) is 0 Å². The van der Waals surface area contributed by atoms with E-state index in [1.807, 2.05) is 16.9 Å². The molecule has 2 aromatic rings. The maximum absolute atomic E-state index is 12.8. The molecule has 0 bridgehead atoms. The summed E-state index contributed by atoms with van der Waals surface area (Å²) in [6.45, 7) is 3.55. The van der Waals surface area contributed by atoms with E-state index in [1.54, 1.807) is 18.3 Å². The largest absolute Gasteiger partial charge is 0.491 e. The maximum Gasteiger partial charge on any atom is 0.123 e. The number of hydrogen-bond acceptors (Lipinski definition) is 5. The molecule has 1 aliphatic rings. The van der Waals surface area contributed by atoms with Crippen molar-refractivity contribution in [1.29, 1.82) is 0 Å². The van der Waals surface area contributed by atoms with Crippen LogP contribution in [0.25, 0.3) is 0 Å². The van der Waals surface area contributed by atoms with Crippen molar-refractivity contribution in [3.05, 3.63) is 48.5 Å². The van der Waals surface area contributed by atoms with Gasteiger partial charge in [-0.05, 0) is 30.3 Å². The molecule has 130 valence electrons. The first-order chi connectivity index (χ1) is 11.7. The lowest BCUT2D eigenvalue weighted by molar-refractivity contribution is -0.0517. The lowest BCUT2D eigenvalue weighted by Gasteiger charge is -2.33. The van der Waals surface area contributed by atoms with E-state index < -0.39 is 6.10 Å². The molecule has 1 saturated heterocycles. The topological polar surface area (TPSA) is 59.8 Å². The van der Waals surface area contributed by atoms with Crippen molar-refractivity contribution >= 4 is 0 Å². The summed E-state index contributed by atoms with van der Waals surface area (Å²) >= 11 is 0. The van der Waals surface area contributed by atoms with E-state index in [4.69, 9.17) is 9.47 Å². The van der Waals surface area contributed by atoms with Crippen LogP contribution in [0.15, 0.2) is 42.7 Å². The molecule has 1 fully saturated rings. The monoisotopic (exact) mass is 335 g/mol. The second-order valence-electron chi connectivity index (χ2n) is 5.90. The fraction of sp³-hybridized carbons (Fsp3) is 0.471. The first kappa shape index (κ1) is 16.9. The standard InChI is InChI=1S/C17H22FN3O3/c18-14-2-4-16(5-3-14)24-13-15(22)10-20-8-9-23-17(11-20)12-21-7-1-6-19-21/h1-7,15,17,22H,8-13H2. The van der Waals surface area contributed by atoms with Crippen LogP contribution in [0.3, 0.4) is 0 Å². The average molecular weight is 335 g/mol. The highest BCUT2D eigenvalue weighted by atomic mass is 19.1. The minimum atomic E-state index is -0.612. The Bertz CT molecular complexity index is 606. The molecule has 1 aromatic carbocycles. The van der Waals surface area contributed by atoms with Crippen molar-refractivity contribution < 1.29 is 19.0 Å². The van der Waals surface area contributed by atoms with E-state index >= 15 is 0 Å². The zero-order valence-corrected chi connectivity index (χ0v) is 13.4. The van der Waals surface area contributed by atoms with Crippen LogP contribution in [0.4, 0.5) is 4.39 Å². The Balaban J connectivity index is 1.41. The van der Waals surface area contributed by atoms with Crippen molar-refractivity contribution in [1.82, 2.24) is 14.7 Å². The highest BCUT2D eigenvalue weighted by Gasteiger charge is 2.23. The van der Waals surface area contributed by atoms with Gasteiger partial charge in [-0.15, -0.1) is 0 Å². The molecule has 2 unspecified atom stereocenters. The minimum absolute atomic E-state index is 0.0591. The zero-order valence-electron chi connectivity index (χ0n) is 13.4. The first-order valence-corrected chi connectivity index (χ1v) is 8.07. The van der Waals surface area contributed by atoms with Gasteiger partial charge in [-0.1, -0.05) is 0 Å². The maximum atomic E-state index is 12.8. The van der Waals surface area contributed by atoms with Crippen LogP contribution in [0.5, 0.6) is 5.75 Å². The number of rotatable bonds is 7. The number of ether oxygens (including phenoxy) is 2. The molecule has 1 aromatic heterocycles. The third kappa shape index (κ3) is 5.02. The summed E-state index contributed by atoms with van der Waals surface area (Å²) in [5.41, 5.74) is 0. The third-order valence-electron chi connectivity index (χ3n) is 3.90. The number of nitrogens with zero attached hydrogens (tertiary/aromatic N) is 3. The van der Waals surface area contributed by atoms with E-state index in [2.05, 4.69) is 10.00 Å². The summed E-state index contributed by atoms with van der Waals surface area (Å²) in [6, 6.07) is 7.66. The molecule has 1 aliphatic heterocycles. The number of aliphatic hydroxyl groups excluding tert-OH is 1. The first-order valence-electron chi connectivity index (χ1n) is 8.07. The Morgan fingerprint density at radius 3 is 2.96 bits per heavy atom. The van der Waals surface area contributed by atoms with Crippen molar-refractivity contribution in [2.45, 2.75) is 18.8 Å². The molecule has 2 atom stereocenters. The Hall–Kier alpha value is -1.96. The van der Waals surface area contributed by atoms with Crippen LogP contribution in [-0.4, -0.2) is 64.8 Å². The van der Waals surface area contributed by atoms with Gasteiger partial charge in [-0.25, -0.2) is 4.39 Å². The molecule has 7 heteroatoms. The predicted molar refractivity (Wildman–Crippen MR) is 86.3 cm³/mol. The molecule has 0 aliphatic carbocycles. The molecule has 3 rings (SSSR count). The molecule has 0 saturated carbocycles. The number of aromatic nitrogens is 2. The van der Waals surface area contributed by atoms with Crippen molar-refractivity contribution in [2.24, 2.45) is 0 Å². The van der Waals surface area contributed by atoms with Crippen molar-refractivity contribution in [3.63, 3.8) is 0 Å². The number of morpholine rings is 1. The second kappa shape index (κ2) is 8.23. The molecule has 1 N–H and O–H groups in total. The van der Waals surface area contributed by atoms with Gasteiger partial charge in [-0.3, -0.25) is 9.58 Å². The Kier molecular flexibility index (Phi) is 5.79. The number of hydrogen-bond donors (Lipinski definition) is 1. The molecule has 0 radical (unpaired) electrons. The van der Waals surface area contributed by atoms with E-state index in [-0.39, 0.29) is 18.5 Å². The Morgan fingerprint density at radius 2 is 2.21 bits per heavy atom. The van der Waals surface area contributed by atoms with Gasteiger partial charge < -0.3 is 14.6 Å². The minimum Gasteiger partial charge on any atom is -0.491 e. The van der Waals surface area contributed by atoms with Crippen LogP contribution < -0.4 is 4.74 Å². The lowest BCUT2D eigenvalue weighted by atomic mass is 10.2. The van der Waals surface area contributed by atoms with Crippen LogP contribution in [0.2, 0.25) is 0 Å². The van der Waals surface area contributed by atoms with Crippen LogP contribution in [0, 0.1) is 5.82 Å². The van der Waals surface area contributed by atoms with Gasteiger partial charge in [0.2, 0.25) is 0 Å².